The van der Waals surface area contributed by atoms with Crippen molar-refractivity contribution in [2.75, 3.05) is 12.0 Å². The molecule has 0 spiro atoms. The van der Waals surface area contributed by atoms with Gasteiger partial charge in [-0.05, 0) is 50.5 Å². The van der Waals surface area contributed by atoms with Crippen molar-refractivity contribution in [3.05, 3.63) is 29.6 Å². The van der Waals surface area contributed by atoms with Crippen molar-refractivity contribution < 1.29 is 0 Å². The molecule has 0 bridgehead atoms. The maximum absolute atomic E-state index is 6.38. The molecule has 0 amide bonds. The minimum absolute atomic E-state index is 0.519. The predicted molar refractivity (Wildman–Crippen MR) is 86.4 cm³/mol. The number of nitrogens with zero attached hydrogens (tertiary/aromatic N) is 4. The van der Waals surface area contributed by atoms with Gasteiger partial charge in [0.05, 0.1) is 5.56 Å². The van der Waals surface area contributed by atoms with E-state index in [4.69, 9.17) is 5.73 Å². The fourth-order valence-electron chi connectivity index (χ4n) is 2.78. The lowest BCUT2D eigenvalue weighted by atomic mass is 9.89. The van der Waals surface area contributed by atoms with Crippen LogP contribution >= 0.6 is 11.8 Å². The van der Waals surface area contributed by atoms with Gasteiger partial charge < -0.3 is 5.73 Å². The maximum atomic E-state index is 6.38. The quantitative estimate of drug-likeness (QED) is 0.881. The second-order valence-electron chi connectivity index (χ2n) is 5.20. The van der Waals surface area contributed by atoms with Crippen molar-refractivity contribution >= 4 is 23.2 Å². The molecule has 1 aliphatic rings. The third-order valence-electron chi connectivity index (χ3n) is 3.87. The fourth-order valence-corrected chi connectivity index (χ4v) is 3.38. The second-order valence-corrected chi connectivity index (χ2v) is 5.99. The molecule has 5 nitrogen and oxygen atoms in total. The van der Waals surface area contributed by atoms with Crippen LogP contribution in [0.25, 0.3) is 11.5 Å². The summed E-state index contributed by atoms with van der Waals surface area (Å²) in [6, 6.07) is 1.79. The molecule has 2 aromatic rings. The van der Waals surface area contributed by atoms with Crippen LogP contribution in [0.5, 0.6) is 0 Å². The van der Waals surface area contributed by atoms with E-state index in [-0.39, 0.29) is 0 Å². The van der Waals surface area contributed by atoms with E-state index in [0.29, 0.717) is 11.8 Å². The largest absolute Gasteiger partial charge is 0.383 e. The highest BCUT2D eigenvalue weighted by Crippen LogP contribution is 2.39. The second kappa shape index (κ2) is 5.89. The van der Waals surface area contributed by atoms with Gasteiger partial charge in [0.15, 0.2) is 0 Å². The zero-order valence-electron chi connectivity index (χ0n) is 12.3. The summed E-state index contributed by atoms with van der Waals surface area (Å²) >= 11 is 1.62. The van der Waals surface area contributed by atoms with Gasteiger partial charge in [0.25, 0.3) is 5.95 Å². The summed E-state index contributed by atoms with van der Waals surface area (Å²) in [6.07, 6.45) is 10.1. The molecule has 21 heavy (non-hydrogen) atoms. The summed E-state index contributed by atoms with van der Waals surface area (Å²) in [7, 11) is 0. The van der Waals surface area contributed by atoms with E-state index in [9.17, 15) is 0 Å². The molecule has 1 aliphatic carbocycles. The van der Waals surface area contributed by atoms with Gasteiger partial charge in [0.2, 0.25) is 0 Å². The van der Waals surface area contributed by atoms with Gasteiger partial charge in [-0.2, -0.15) is 9.78 Å². The fraction of sp³-hybridized carbons (Fsp3) is 0.400. The Labute approximate surface area is 128 Å². The van der Waals surface area contributed by atoms with Crippen LogP contribution in [0.15, 0.2) is 29.1 Å². The van der Waals surface area contributed by atoms with Crippen LogP contribution in [-0.4, -0.2) is 26.0 Å². The molecular formula is C15H19N5S. The molecule has 0 saturated carbocycles. The van der Waals surface area contributed by atoms with Crippen LogP contribution in [0.2, 0.25) is 0 Å². The van der Waals surface area contributed by atoms with E-state index in [1.54, 1.807) is 34.9 Å². The molecule has 0 aliphatic heterocycles. The smallest absolute Gasteiger partial charge is 0.252 e. The van der Waals surface area contributed by atoms with Crippen molar-refractivity contribution in [1.82, 2.24) is 19.7 Å². The standard InChI is InChI=1S/C15H19N5S/c1-10-6-3-4-7-11(10)12-13(16)20(19-14(12)21-2)15-17-8-5-9-18-15/h5,8-9H,3-4,6-7,16H2,1-2H3. The lowest BCUT2D eigenvalue weighted by Crippen LogP contribution is -2.07. The SMILES string of the molecule is CSc1nn(-c2ncccn2)c(N)c1C1=C(C)CCCC1. The number of hydrogen-bond donors (Lipinski definition) is 1. The topological polar surface area (TPSA) is 69.6 Å². The normalized spacial score (nSPS) is 15.5. The third-order valence-corrected chi connectivity index (χ3v) is 4.54. The molecule has 2 heterocycles. The first-order valence-electron chi connectivity index (χ1n) is 7.11. The Balaban J connectivity index is 2.15. The van der Waals surface area contributed by atoms with Crippen LogP contribution < -0.4 is 5.73 Å². The van der Waals surface area contributed by atoms with Gasteiger partial charge in [0, 0.05) is 12.4 Å². The van der Waals surface area contributed by atoms with Crippen molar-refractivity contribution in [3.8, 4) is 5.95 Å². The highest BCUT2D eigenvalue weighted by atomic mass is 32.2. The van der Waals surface area contributed by atoms with Gasteiger partial charge >= 0.3 is 0 Å². The van der Waals surface area contributed by atoms with Crippen molar-refractivity contribution in [3.63, 3.8) is 0 Å². The molecule has 3 rings (SSSR count). The molecule has 0 saturated heterocycles. The number of nitrogen functional groups attached to an aromatic ring is 1. The van der Waals surface area contributed by atoms with Crippen LogP contribution in [0.1, 0.15) is 38.2 Å². The first kappa shape index (κ1) is 14.1. The Morgan fingerprint density at radius 1 is 1.19 bits per heavy atom. The van der Waals surface area contributed by atoms with Gasteiger partial charge in [-0.25, -0.2) is 9.97 Å². The van der Waals surface area contributed by atoms with Gasteiger partial charge in [-0.3, -0.25) is 0 Å². The minimum Gasteiger partial charge on any atom is -0.383 e. The van der Waals surface area contributed by atoms with Crippen LogP contribution in [0, 0.1) is 0 Å². The molecule has 0 aromatic carbocycles. The van der Waals surface area contributed by atoms with E-state index in [0.717, 1.165) is 23.4 Å². The molecule has 0 radical (unpaired) electrons. The van der Waals surface area contributed by atoms with Crippen molar-refractivity contribution in [2.24, 2.45) is 0 Å². The Hall–Kier alpha value is -1.82. The maximum Gasteiger partial charge on any atom is 0.252 e. The Bertz CT molecular complexity index is 675. The number of rotatable bonds is 3. The number of anilines is 1. The zero-order valence-corrected chi connectivity index (χ0v) is 13.2. The van der Waals surface area contributed by atoms with Crippen LogP contribution in [0.4, 0.5) is 5.82 Å². The number of allylic oxidation sites excluding steroid dienone is 2. The lowest BCUT2D eigenvalue weighted by Gasteiger charge is -2.18. The lowest BCUT2D eigenvalue weighted by molar-refractivity contribution is 0.713. The third kappa shape index (κ3) is 2.55. The van der Waals surface area contributed by atoms with Gasteiger partial charge in [0.1, 0.15) is 10.8 Å². The van der Waals surface area contributed by atoms with E-state index in [1.807, 2.05) is 6.26 Å². The van der Waals surface area contributed by atoms with Crippen molar-refractivity contribution in [2.45, 2.75) is 37.6 Å². The molecule has 0 atom stereocenters. The molecule has 110 valence electrons. The number of thioether (sulfide) groups is 1. The van der Waals surface area contributed by atoms with E-state index in [2.05, 4.69) is 22.0 Å². The Kier molecular flexibility index (Phi) is 3.96. The predicted octanol–water partition coefficient (Wildman–Crippen LogP) is 3.31. The summed E-state index contributed by atoms with van der Waals surface area (Å²) in [6.45, 7) is 2.20. The molecule has 2 aromatic heterocycles. The van der Waals surface area contributed by atoms with E-state index < -0.39 is 0 Å². The van der Waals surface area contributed by atoms with Gasteiger partial charge in [-0.1, -0.05) is 5.57 Å². The average Bonchev–Trinajstić information content (AvgIpc) is 2.85. The number of aromatic nitrogens is 4. The summed E-state index contributed by atoms with van der Waals surface area (Å²) in [5, 5.41) is 5.56. The molecule has 2 N–H and O–H groups in total. The first-order valence-corrected chi connectivity index (χ1v) is 8.33. The summed E-state index contributed by atoms with van der Waals surface area (Å²) in [5.74, 6) is 1.16. The first-order chi connectivity index (χ1) is 10.2. The molecule has 6 heteroatoms. The summed E-state index contributed by atoms with van der Waals surface area (Å²) in [5.41, 5.74) is 10.2. The van der Waals surface area contributed by atoms with Crippen molar-refractivity contribution in [1.29, 1.82) is 0 Å². The summed E-state index contributed by atoms with van der Waals surface area (Å²) < 4.78 is 1.65. The monoisotopic (exact) mass is 301 g/mol. The Morgan fingerprint density at radius 3 is 2.57 bits per heavy atom. The number of nitrogens with two attached hydrogens (primary N) is 1. The van der Waals surface area contributed by atoms with E-state index >= 15 is 0 Å². The Morgan fingerprint density at radius 2 is 1.90 bits per heavy atom. The zero-order chi connectivity index (χ0) is 14.8. The minimum atomic E-state index is 0.519. The highest BCUT2D eigenvalue weighted by Gasteiger charge is 2.23. The van der Waals surface area contributed by atoms with Crippen LogP contribution in [0.3, 0.4) is 0 Å². The number of hydrogen-bond acceptors (Lipinski definition) is 5. The average molecular weight is 301 g/mol. The summed E-state index contributed by atoms with van der Waals surface area (Å²) in [4.78, 5) is 8.49. The van der Waals surface area contributed by atoms with E-state index in [1.165, 1.54) is 24.0 Å². The van der Waals surface area contributed by atoms with Gasteiger partial charge in [-0.15, -0.1) is 11.8 Å². The molecular weight excluding hydrogens is 282 g/mol. The highest BCUT2D eigenvalue weighted by molar-refractivity contribution is 7.98. The molecule has 0 fully saturated rings. The van der Waals surface area contributed by atoms with Crippen LogP contribution in [-0.2, 0) is 0 Å². The molecule has 0 unspecified atom stereocenters.